The lowest BCUT2D eigenvalue weighted by Crippen LogP contribution is -2.60. The smallest absolute Gasteiger partial charge is 0.324 e. The molecule has 0 aliphatic carbocycles. The van der Waals surface area contributed by atoms with Crippen molar-refractivity contribution in [2.75, 3.05) is 27.3 Å². The average molecular weight is 202 g/mol. The minimum absolute atomic E-state index is 0.333. The summed E-state index contributed by atoms with van der Waals surface area (Å²) < 4.78 is 9.11. The molecule has 0 aromatic carbocycles. The Balaban J connectivity index is 2.38. The number of carbonyl (C=O) groups excluding carboxylic acids is 2. The van der Waals surface area contributed by atoms with E-state index in [-0.39, 0.29) is 24.0 Å². The van der Waals surface area contributed by atoms with Crippen molar-refractivity contribution in [1.29, 1.82) is 0 Å². The molecule has 1 aliphatic rings. The van der Waals surface area contributed by atoms with Gasteiger partial charge in [0.1, 0.15) is 12.1 Å². The fourth-order valence-corrected chi connectivity index (χ4v) is 1.28. The molecule has 0 aromatic rings. The van der Waals surface area contributed by atoms with E-state index >= 15 is 0 Å². The molecule has 2 unspecified atom stereocenters. The molecule has 14 heavy (non-hydrogen) atoms. The molecule has 6 heteroatoms. The lowest BCUT2D eigenvalue weighted by Gasteiger charge is -2.27. The van der Waals surface area contributed by atoms with Gasteiger partial charge in [-0.15, -0.1) is 0 Å². The molecule has 2 N–H and O–H groups in total. The Kier molecular flexibility index (Phi) is 3.84. The van der Waals surface area contributed by atoms with Crippen molar-refractivity contribution in [3.63, 3.8) is 0 Å². The predicted molar refractivity (Wildman–Crippen MR) is 47.6 cm³/mol. The van der Waals surface area contributed by atoms with Gasteiger partial charge < -0.3 is 20.1 Å². The number of methoxy groups -OCH3 is 2. The number of hydrogen-bond donors (Lipinski definition) is 2. The lowest BCUT2D eigenvalue weighted by atomic mass is 10.1. The zero-order valence-electron chi connectivity index (χ0n) is 8.20. The zero-order chi connectivity index (χ0) is 10.6. The van der Waals surface area contributed by atoms with Crippen LogP contribution in [0.25, 0.3) is 0 Å². The molecular weight excluding hydrogens is 188 g/mol. The van der Waals surface area contributed by atoms with Crippen LogP contribution in [0.15, 0.2) is 0 Å². The lowest BCUT2D eigenvalue weighted by molar-refractivity contribution is -0.147. The number of esters is 2. The standard InChI is InChI=1S/C8H14N2O4/c1-13-7(11)5-3-10-6(4-9-5)8(12)14-2/h5-6,9-10H,3-4H2,1-2H3. The maximum atomic E-state index is 11.1. The van der Waals surface area contributed by atoms with Crippen LogP contribution < -0.4 is 10.6 Å². The fourth-order valence-electron chi connectivity index (χ4n) is 1.28. The van der Waals surface area contributed by atoms with Gasteiger partial charge >= 0.3 is 11.9 Å². The van der Waals surface area contributed by atoms with E-state index in [9.17, 15) is 9.59 Å². The molecule has 0 saturated carbocycles. The van der Waals surface area contributed by atoms with Gasteiger partial charge in [0.05, 0.1) is 14.2 Å². The van der Waals surface area contributed by atoms with E-state index in [0.717, 1.165) is 0 Å². The van der Waals surface area contributed by atoms with Crippen molar-refractivity contribution >= 4 is 11.9 Å². The minimum Gasteiger partial charge on any atom is -0.468 e. The first-order valence-corrected chi connectivity index (χ1v) is 4.31. The Labute approximate surface area is 81.9 Å². The third kappa shape index (κ3) is 2.43. The molecule has 1 saturated heterocycles. The SMILES string of the molecule is COC(=O)C1CNC(C(=O)OC)CN1. The summed E-state index contributed by atoms with van der Waals surface area (Å²) in [6.45, 7) is 0.735. The summed E-state index contributed by atoms with van der Waals surface area (Å²) >= 11 is 0. The van der Waals surface area contributed by atoms with E-state index in [1.807, 2.05) is 0 Å². The van der Waals surface area contributed by atoms with Crippen molar-refractivity contribution in [2.45, 2.75) is 12.1 Å². The van der Waals surface area contributed by atoms with Crippen LogP contribution in [0.2, 0.25) is 0 Å². The second-order valence-corrected chi connectivity index (χ2v) is 2.97. The Morgan fingerprint density at radius 2 is 1.36 bits per heavy atom. The van der Waals surface area contributed by atoms with Gasteiger partial charge in [-0.25, -0.2) is 0 Å². The highest BCUT2D eigenvalue weighted by Crippen LogP contribution is 1.97. The van der Waals surface area contributed by atoms with E-state index < -0.39 is 0 Å². The largest absolute Gasteiger partial charge is 0.468 e. The Morgan fingerprint density at radius 1 is 1.00 bits per heavy atom. The normalized spacial score (nSPS) is 26.7. The van der Waals surface area contributed by atoms with Crippen LogP contribution in [0.1, 0.15) is 0 Å². The van der Waals surface area contributed by atoms with Crippen molar-refractivity contribution in [3.8, 4) is 0 Å². The van der Waals surface area contributed by atoms with Gasteiger partial charge in [0.15, 0.2) is 0 Å². The Hall–Kier alpha value is -1.14. The number of hydrogen-bond acceptors (Lipinski definition) is 6. The van der Waals surface area contributed by atoms with Gasteiger partial charge in [-0.2, -0.15) is 0 Å². The summed E-state index contributed by atoms with van der Waals surface area (Å²) in [4.78, 5) is 22.1. The molecule has 1 aliphatic heterocycles. The first kappa shape index (κ1) is 10.9. The molecule has 6 nitrogen and oxygen atoms in total. The number of carbonyl (C=O) groups is 2. The number of ether oxygens (including phenoxy) is 2. The minimum atomic E-state index is -0.388. The van der Waals surface area contributed by atoms with Gasteiger partial charge in [-0.3, -0.25) is 9.59 Å². The van der Waals surface area contributed by atoms with Crippen LogP contribution >= 0.6 is 0 Å². The number of piperazine rings is 1. The van der Waals surface area contributed by atoms with E-state index in [2.05, 4.69) is 20.1 Å². The zero-order valence-corrected chi connectivity index (χ0v) is 8.20. The first-order valence-electron chi connectivity index (χ1n) is 4.31. The first-order chi connectivity index (χ1) is 6.69. The van der Waals surface area contributed by atoms with Crippen molar-refractivity contribution in [1.82, 2.24) is 10.6 Å². The topological polar surface area (TPSA) is 76.7 Å². The van der Waals surface area contributed by atoms with Crippen LogP contribution in [0.5, 0.6) is 0 Å². The van der Waals surface area contributed by atoms with Crippen molar-refractivity contribution in [3.05, 3.63) is 0 Å². The highest BCUT2D eigenvalue weighted by atomic mass is 16.5. The van der Waals surface area contributed by atoms with Crippen LogP contribution in [-0.2, 0) is 19.1 Å². The summed E-state index contributed by atoms with van der Waals surface area (Å²) in [5, 5.41) is 5.79. The maximum absolute atomic E-state index is 11.1. The van der Waals surface area contributed by atoms with Crippen LogP contribution in [0, 0.1) is 0 Å². The predicted octanol–water partition coefficient (Wildman–Crippen LogP) is -1.74. The van der Waals surface area contributed by atoms with Crippen LogP contribution in [0.4, 0.5) is 0 Å². The molecule has 80 valence electrons. The summed E-state index contributed by atoms with van der Waals surface area (Å²) in [5.74, 6) is -0.665. The number of rotatable bonds is 2. The quantitative estimate of drug-likeness (QED) is 0.518. The Bertz CT molecular complexity index is 199. The molecule has 0 spiro atoms. The van der Waals surface area contributed by atoms with Crippen molar-refractivity contribution < 1.29 is 19.1 Å². The summed E-state index contributed by atoms with van der Waals surface area (Å²) in [7, 11) is 2.66. The van der Waals surface area contributed by atoms with Gasteiger partial charge in [0.2, 0.25) is 0 Å². The van der Waals surface area contributed by atoms with E-state index in [1.165, 1.54) is 14.2 Å². The maximum Gasteiger partial charge on any atom is 0.324 e. The molecule has 0 bridgehead atoms. The summed E-state index contributed by atoms with van der Waals surface area (Å²) in [6.07, 6.45) is 0. The van der Waals surface area contributed by atoms with E-state index in [1.54, 1.807) is 0 Å². The molecule has 1 rings (SSSR count). The highest BCUT2D eigenvalue weighted by Gasteiger charge is 2.29. The molecule has 1 heterocycles. The summed E-state index contributed by atoms with van der Waals surface area (Å²) in [6, 6.07) is -0.776. The van der Waals surface area contributed by atoms with Gasteiger partial charge in [0.25, 0.3) is 0 Å². The van der Waals surface area contributed by atoms with Crippen LogP contribution in [0.3, 0.4) is 0 Å². The molecule has 0 aromatic heterocycles. The van der Waals surface area contributed by atoms with Gasteiger partial charge in [-0.05, 0) is 0 Å². The third-order valence-electron chi connectivity index (χ3n) is 2.11. The number of nitrogens with one attached hydrogen (secondary N) is 2. The fraction of sp³-hybridized carbons (Fsp3) is 0.750. The summed E-state index contributed by atoms with van der Waals surface area (Å²) in [5.41, 5.74) is 0. The molecule has 2 atom stereocenters. The molecular formula is C8H14N2O4. The van der Waals surface area contributed by atoms with Crippen molar-refractivity contribution in [2.24, 2.45) is 0 Å². The van der Waals surface area contributed by atoms with E-state index in [0.29, 0.717) is 13.1 Å². The van der Waals surface area contributed by atoms with E-state index in [4.69, 9.17) is 0 Å². The molecule has 0 amide bonds. The Morgan fingerprint density at radius 3 is 1.57 bits per heavy atom. The van der Waals surface area contributed by atoms with Gasteiger partial charge in [0, 0.05) is 13.1 Å². The van der Waals surface area contributed by atoms with Crippen LogP contribution in [-0.4, -0.2) is 51.3 Å². The third-order valence-corrected chi connectivity index (χ3v) is 2.11. The monoisotopic (exact) mass is 202 g/mol. The molecule has 0 radical (unpaired) electrons. The highest BCUT2D eigenvalue weighted by molar-refractivity contribution is 5.79. The molecule has 1 fully saturated rings. The average Bonchev–Trinajstić information content (AvgIpc) is 2.27. The second-order valence-electron chi connectivity index (χ2n) is 2.97. The second kappa shape index (κ2) is 4.92. The van der Waals surface area contributed by atoms with Gasteiger partial charge in [-0.1, -0.05) is 0 Å².